The van der Waals surface area contributed by atoms with E-state index in [-0.39, 0.29) is 24.4 Å². The molecule has 1 amide bonds. The number of amides is 1. The summed E-state index contributed by atoms with van der Waals surface area (Å²) < 4.78 is 0. The van der Waals surface area contributed by atoms with E-state index in [0.29, 0.717) is 6.42 Å². The molecular formula is C17H21ClN2O. The van der Waals surface area contributed by atoms with Crippen molar-refractivity contribution >= 4 is 29.1 Å². The van der Waals surface area contributed by atoms with Gasteiger partial charge in [0, 0.05) is 25.7 Å². The van der Waals surface area contributed by atoms with Crippen LogP contribution in [0, 0.1) is 0 Å². The van der Waals surface area contributed by atoms with Crippen LogP contribution in [0.4, 0.5) is 0 Å². The van der Waals surface area contributed by atoms with Crippen molar-refractivity contribution in [2.75, 3.05) is 19.6 Å². The molecule has 1 atom stereocenters. The van der Waals surface area contributed by atoms with Crippen molar-refractivity contribution in [2.45, 2.75) is 19.4 Å². The molecule has 3 nitrogen and oxygen atoms in total. The van der Waals surface area contributed by atoms with Crippen LogP contribution in [-0.2, 0) is 11.2 Å². The zero-order chi connectivity index (χ0) is 13.9. The van der Waals surface area contributed by atoms with Gasteiger partial charge in [-0.05, 0) is 23.3 Å². The lowest BCUT2D eigenvalue weighted by atomic mass is 10.0. The van der Waals surface area contributed by atoms with Gasteiger partial charge < -0.3 is 10.2 Å². The zero-order valence-corrected chi connectivity index (χ0v) is 13.0. The minimum atomic E-state index is 0. The highest BCUT2D eigenvalue weighted by atomic mass is 35.5. The van der Waals surface area contributed by atoms with E-state index < -0.39 is 0 Å². The summed E-state index contributed by atoms with van der Waals surface area (Å²) >= 11 is 0. The summed E-state index contributed by atoms with van der Waals surface area (Å²) in [4.78, 5) is 14.5. The van der Waals surface area contributed by atoms with E-state index in [4.69, 9.17) is 0 Å². The predicted octanol–water partition coefficient (Wildman–Crippen LogP) is 2.62. The molecule has 1 N–H and O–H groups in total. The Bertz CT molecular complexity index is 624. The van der Waals surface area contributed by atoms with Gasteiger partial charge in [0.1, 0.15) is 0 Å². The highest BCUT2D eigenvalue weighted by molar-refractivity contribution is 5.90. The van der Waals surface area contributed by atoms with E-state index in [1.165, 1.54) is 10.8 Å². The standard InChI is InChI=1S/C17H20N2O.ClH/c1-13-12-18-9-10-19(13)17(20)11-15-7-4-6-14-5-2-3-8-16(14)15;/h2-8,13,18H,9-12H2,1H3;1H/t13-;/m1./s1. The number of rotatable bonds is 2. The summed E-state index contributed by atoms with van der Waals surface area (Å²) in [6, 6.07) is 14.7. The van der Waals surface area contributed by atoms with E-state index in [2.05, 4.69) is 36.5 Å². The number of nitrogens with one attached hydrogen (secondary N) is 1. The lowest BCUT2D eigenvalue weighted by molar-refractivity contribution is -0.133. The first-order valence-electron chi connectivity index (χ1n) is 7.22. The Morgan fingerprint density at radius 1 is 1.24 bits per heavy atom. The number of halogens is 1. The maximum atomic E-state index is 12.5. The number of fused-ring (bicyclic) bond motifs is 1. The quantitative estimate of drug-likeness (QED) is 0.925. The largest absolute Gasteiger partial charge is 0.337 e. The molecule has 112 valence electrons. The highest BCUT2D eigenvalue weighted by Crippen LogP contribution is 2.20. The number of hydrogen-bond donors (Lipinski definition) is 1. The molecule has 0 bridgehead atoms. The first kappa shape index (κ1) is 15.8. The molecular weight excluding hydrogens is 284 g/mol. The third kappa shape index (κ3) is 3.36. The van der Waals surface area contributed by atoms with Crippen LogP contribution < -0.4 is 5.32 Å². The minimum Gasteiger partial charge on any atom is -0.337 e. The smallest absolute Gasteiger partial charge is 0.227 e. The van der Waals surface area contributed by atoms with Crippen LogP contribution in [0.1, 0.15) is 12.5 Å². The average molecular weight is 305 g/mol. The van der Waals surface area contributed by atoms with Crippen LogP contribution in [0.3, 0.4) is 0 Å². The van der Waals surface area contributed by atoms with Gasteiger partial charge in [-0.2, -0.15) is 0 Å². The van der Waals surface area contributed by atoms with Crippen molar-refractivity contribution in [1.82, 2.24) is 10.2 Å². The van der Waals surface area contributed by atoms with Gasteiger partial charge in [0.15, 0.2) is 0 Å². The SMILES string of the molecule is C[C@@H]1CNCCN1C(=O)Cc1cccc2ccccc12.Cl. The summed E-state index contributed by atoms with van der Waals surface area (Å²) in [5.41, 5.74) is 1.12. The molecule has 0 aliphatic carbocycles. The molecule has 2 aromatic carbocycles. The monoisotopic (exact) mass is 304 g/mol. The Balaban J connectivity index is 0.00000161. The van der Waals surface area contributed by atoms with Crippen LogP contribution in [0.5, 0.6) is 0 Å². The molecule has 1 aliphatic heterocycles. The van der Waals surface area contributed by atoms with E-state index in [9.17, 15) is 4.79 Å². The average Bonchev–Trinajstić information content (AvgIpc) is 2.48. The Kier molecular flexibility index (Phi) is 5.21. The summed E-state index contributed by atoms with van der Waals surface area (Å²) in [5.74, 6) is 0.232. The van der Waals surface area contributed by atoms with Crippen LogP contribution in [0.2, 0.25) is 0 Å². The molecule has 21 heavy (non-hydrogen) atoms. The lowest BCUT2D eigenvalue weighted by Crippen LogP contribution is -2.52. The predicted molar refractivity (Wildman–Crippen MR) is 88.9 cm³/mol. The second-order valence-corrected chi connectivity index (χ2v) is 5.46. The maximum Gasteiger partial charge on any atom is 0.227 e. The summed E-state index contributed by atoms with van der Waals surface area (Å²) in [6.45, 7) is 4.70. The first-order chi connectivity index (χ1) is 9.75. The topological polar surface area (TPSA) is 32.3 Å². The highest BCUT2D eigenvalue weighted by Gasteiger charge is 2.23. The maximum absolute atomic E-state index is 12.5. The van der Waals surface area contributed by atoms with Gasteiger partial charge in [0.2, 0.25) is 5.91 Å². The van der Waals surface area contributed by atoms with E-state index >= 15 is 0 Å². The molecule has 4 heteroatoms. The molecule has 0 aromatic heterocycles. The third-order valence-corrected chi connectivity index (χ3v) is 4.04. The van der Waals surface area contributed by atoms with Crippen molar-refractivity contribution in [2.24, 2.45) is 0 Å². The molecule has 3 rings (SSSR count). The number of carbonyl (C=O) groups excluding carboxylic acids is 1. The number of hydrogen-bond acceptors (Lipinski definition) is 2. The van der Waals surface area contributed by atoms with Crippen LogP contribution in [0.15, 0.2) is 42.5 Å². The van der Waals surface area contributed by atoms with E-state index in [1.807, 2.05) is 23.1 Å². The molecule has 0 unspecified atom stereocenters. The lowest BCUT2D eigenvalue weighted by Gasteiger charge is -2.34. The van der Waals surface area contributed by atoms with Crippen LogP contribution in [-0.4, -0.2) is 36.5 Å². The molecule has 1 heterocycles. The molecule has 0 radical (unpaired) electrons. The second kappa shape index (κ2) is 6.92. The number of carbonyl (C=O) groups is 1. The number of piperazine rings is 1. The Morgan fingerprint density at radius 2 is 2.00 bits per heavy atom. The fourth-order valence-corrected chi connectivity index (χ4v) is 2.92. The van der Waals surface area contributed by atoms with Gasteiger partial charge in [-0.15, -0.1) is 12.4 Å². The molecule has 2 aromatic rings. The van der Waals surface area contributed by atoms with E-state index in [0.717, 1.165) is 25.2 Å². The summed E-state index contributed by atoms with van der Waals surface area (Å²) in [7, 11) is 0. The van der Waals surface area contributed by atoms with Crippen molar-refractivity contribution in [1.29, 1.82) is 0 Å². The summed E-state index contributed by atoms with van der Waals surface area (Å²) in [5, 5.41) is 5.71. The third-order valence-electron chi connectivity index (χ3n) is 4.04. The van der Waals surface area contributed by atoms with Crippen molar-refractivity contribution in [3.8, 4) is 0 Å². The fourth-order valence-electron chi connectivity index (χ4n) is 2.92. The van der Waals surface area contributed by atoms with Gasteiger partial charge in [0.05, 0.1) is 6.42 Å². The van der Waals surface area contributed by atoms with Gasteiger partial charge in [-0.3, -0.25) is 4.79 Å². The van der Waals surface area contributed by atoms with Gasteiger partial charge in [-0.1, -0.05) is 42.5 Å². The van der Waals surface area contributed by atoms with Crippen molar-refractivity contribution in [3.63, 3.8) is 0 Å². The number of nitrogens with zero attached hydrogens (tertiary/aromatic N) is 1. The van der Waals surface area contributed by atoms with Gasteiger partial charge >= 0.3 is 0 Å². The minimum absolute atomic E-state index is 0. The normalized spacial score (nSPS) is 18.3. The molecule has 1 aliphatic rings. The van der Waals surface area contributed by atoms with Crippen molar-refractivity contribution in [3.05, 3.63) is 48.0 Å². The Morgan fingerprint density at radius 3 is 2.81 bits per heavy atom. The van der Waals surface area contributed by atoms with Crippen molar-refractivity contribution < 1.29 is 4.79 Å². The zero-order valence-electron chi connectivity index (χ0n) is 12.2. The van der Waals surface area contributed by atoms with Gasteiger partial charge in [0.25, 0.3) is 0 Å². The Labute approximate surface area is 131 Å². The fraction of sp³-hybridized carbons (Fsp3) is 0.353. The molecule has 1 fully saturated rings. The van der Waals surface area contributed by atoms with Gasteiger partial charge in [-0.25, -0.2) is 0 Å². The summed E-state index contributed by atoms with van der Waals surface area (Å²) in [6.07, 6.45) is 0.492. The Hall–Kier alpha value is -1.58. The second-order valence-electron chi connectivity index (χ2n) is 5.46. The molecule has 0 saturated carbocycles. The van der Waals surface area contributed by atoms with Crippen LogP contribution in [0.25, 0.3) is 10.8 Å². The number of benzene rings is 2. The molecule has 0 spiro atoms. The van der Waals surface area contributed by atoms with E-state index in [1.54, 1.807) is 0 Å². The first-order valence-corrected chi connectivity index (χ1v) is 7.22. The molecule has 1 saturated heterocycles. The van der Waals surface area contributed by atoms with Crippen LogP contribution >= 0.6 is 12.4 Å².